The molecule has 1 aliphatic heterocycles. The molecule has 0 fully saturated rings. The minimum Gasteiger partial charge on any atom is -0.476 e. The number of nitrogens with two attached hydrogens (primary N) is 1. The van der Waals surface area contributed by atoms with Gasteiger partial charge in [0.1, 0.15) is 4.90 Å². The number of ether oxygens (including phenoxy) is 2. The number of amides is 2. The van der Waals surface area contributed by atoms with Crippen LogP contribution in [0, 0.1) is 5.41 Å². The van der Waals surface area contributed by atoms with Crippen molar-refractivity contribution in [3.8, 4) is 5.88 Å². The summed E-state index contributed by atoms with van der Waals surface area (Å²) in [6.07, 6.45) is 6.29. The van der Waals surface area contributed by atoms with E-state index in [2.05, 4.69) is 34.7 Å². The highest BCUT2D eigenvalue weighted by molar-refractivity contribution is 7.91. The van der Waals surface area contributed by atoms with Crippen molar-refractivity contribution in [3.05, 3.63) is 34.5 Å². The Bertz CT molecular complexity index is 1240. The van der Waals surface area contributed by atoms with Crippen LogP contribution in [-0.2, 0) is 40.5 Å². The summed E-state index contributed by atoms with van der Waals surface area (Å²) in [6, 6.07) is 1.56. The third kappa shape index (κ3) is 4.04. The van der Waals surface area contributed by atoms with Crippen LogP contribution in [0.1, 0.15) is 54.9 Å². The molecule has 2 heterocycles. The van der Waals surface area contributed by atoms with Gasteiger partial charge in [-0.2, -0.15) is 5.10 Å². The molecule has 33 heavy (non-hydrogen) atoms. The highest BCUT2D eigenvalue weighted by Gasteiger charge is 2.33. The third-order valence-corrected chi connectivity index (χ3v) is 8.11. The average molecular weight is 474 g/mol. The molecule has 0 spiro atoms. The average Bonchev–Trinajstić information content (AvgIpc) is 3.45. The maximum absolute atomic E-state index is 13.3. The summed E-state index contributed by atoms with van der Waals surface area (Å²) < 4.78 is 30.1. The van der Waals surface area contributed by atoms with Gasteiger partial charge in [0.25, 0.3) is 0 Å². The predicted molar refractivity (Wildman–Crippen MR) is 125 cm³/mol. The quantitative estimate of drug-likeness (QED) is 0.705. The van der Waals surface area contributed by atoms with Gasteiger partial charge in [0, 0.05) is 24.1 Å². The van der Waals surface area contributed by atoms with Crippen molar-refractivity contribution >= 4 is 21.6 Å². The SMILES string of the molecule is COCC1CCc2cc3c(c(NC(=O)N=S(N)(=O)c4cnn5c4OCC(C)(C)C5)c21)CCC3. The fraction of sp³-hybridized carbons (Fsp3) is 0.565. The number of nitrogens with one attached hydrogen (secondary N) is 1. The van der Waals surface area contributed by atoms with E-state index in [0.29, 0.717) is 25.6 Å². The first-order valence-electron chi connectivity index (χ1n) is 11.4. The smallest absolute Gasteiger partial charge is 0.354 e. The molecule has 0 radical (unpaired) electrons. The molecule has 2 atom stereocenters. The van der Waals surface area contributed by atoms with Crippen LogP contribution in [0.2, 0.25) is 0 Å². The first-order chi connectivity index (χ1) is 15.7. The molecule has 0 bridgehead atoms. The van der Waals surface area contributed by atoms with E-state index in [4.69, 9.17) is 14.6 Å². The number of carbonyl (C=O) groups excluding carboxylic acids is 1. The van der Waals surface area contributed by atoms with Crippen molar-refractivity contribution in [2.24, 2.45) is 14.9 Å². The number of fused-ring (bicyclic) bond motifs is 3. The topological polar surface area (TPSA) is 121 Å². The van der Waals surface area contributed by atoms with Crippen LogP contribution in [0.4, 0.5) is 10.5 Å². The van der Waals surface area contributed by atoms with Crippen LogP contribution in [0.15, 0.2) is 21.5 Å². The van der Waals surface area contributed by atoms with Gasteiger partial charge in [-0.25, -0.2) is 18.8 Å². The van der Waals surface area contributed by atoms with Crippen LogP contribution in [0.25, 0.3) is 0 Å². The Morgan fingerprint density at radius 2 is 2.21 bits per heavy atom. The van der Waals surface area contributed by atoms with Crippen molar-refractivity contribution < 1.29 is 18.5 Å². The van der Waals surface area contributed by atoms with Crippen LogP contribution in [0.5, 0.6) is 5.88 Å². The Morgan fingerprint density at radius 3 is 3.00 bits per heavy atom. The van der Waals surface area contributed by atoms with Gasteiger partial charge < -0.3 is 14.8 Å². The van der Waals surface area contributed by atoms with Crippen molar-refractivity contribution in [2.75, 3.05) is 25.6 Å². The molecule has 10 heteroatoms. The Balaban J connectivity index is 1.48. The van der Waals surface area contributed by atoms with Crippen molar-refractivity contribution in [3.63, 3.8) is 0 Å². The first-order valence-corrected chi connectivity index (χ1v) is 13.0. The van der Waals surface area contributed by atoms with E-state index in [9.17, 15) is 9.00 Å². The maximum Gasteiger partial charge on any atom is 0.354 e. The van der Waals surface area contributed by atoms with Crippen LogP contribution in [-0.4, -0.2) is 40.3 Å². The lowest BCUT2D eigenvalue weighted by Gasteiger charge is -2.30. The molecule has 0 saturated heterocycles. The van der Waals surface area contributed by atoms with E-state index in [1.165, 1.54) is 17.3 Å². The first kappa shape index (κ1) is 22.4. The lowest BCUT2D eigenvalue weighted by atomic mass is 9.94. The molecule has 3 N–H and O–H groups in total. The molecule has 178 valence electrons. The molecular formula is C23H31N5O4S. The summed E-state index contributed by atoms with van der Waals surface area (Å²) in [4.78, 5) is 13.2. The van der Waals surface area contributed by atoms with E-state index in [-0.39, 0.29) is 16.2 Å². The molecule has 2 amide bonds. The van der Waals surface area contributed by atoms with E-state index >= 15 is 0 Å². The van der Waals surface area contributed by atoms with Gasteiger partial charge in [0.15, 0.2) is 9.92 Å². The zero-order valence-corrected chi connectivity index (χ0v) is 20.2. The second kappa shape index (κ2) is 8.11. The normalized spacial score (nSPS) is 22.0. The third-order valence-electron chi connectivity index (χ3n) is 6.77. The number of nitrogens with zero attached hydrogens (tertiary/aromatic N) is 3. The zero-order valence-electron chi connectivity index (χ0n) is 19.3. The highest BCUT2D eigenvalue weighted by atomic mass is 32.2. The van der Waals surface area contributed by atoms with Crippen LogP contribution < -0.4 is 15.2 Å². The molecule has 5 rings (SSSR count). The summed E-state index contributed by atoms with van der Waals surface area (Å²) in [5.41, 5.74) is 5.50. The van der Waals surface area contributed by atoms with Gasteiger partial charge in [-0.1, -0.05) is 19.9 Å². The van der Waals surface area contributed by atoms with Crippen LogP contribution >= 0.6 is 0 Å². The number of carbonyl (C=O) groups is 1. The van der Waals surface area contributed by atoms with Crippen molar-refractivity contribution in [2.45, 2.75) is 63.3 Å². The lowest BCUT2D eigenvalue weighted by molar-refractivity contribution is 0.0972. The van der Waals surface area contributed by atoms with Gasteiger partial charge in [0.2, 0.25) is 5.88 Å². The van der Waals surface area contributed by atoms with Gasteiger partial charge >= 0.3 is 6.03 Å². The second-order valence-electron chi connectivity index (χ2n) is 10.0. The lowest BCUT2D eigenvalue weighted by Crippen LogP contribution is -2.33. The van der Waals surface area contributed by atoms with Gasteiger partial charge in [-0.05, 0) is 54.4 Å². The fourth-order valence-electron chi connectivity index (χ4n) is 5.31. The zero-order chi connectivity index (χ0) is 23.4. The molecule has 1 aromatic carbocycles. The van der Waals surface area contributed by atoms with Crippen molar-refractivity contribution in [1.82, 2.24) is 9.78 Å². The maximum atomic E-state index is 13.3. The number of rotatable bonds is 4. The van der Waals surface area contributed by atoms with Crippen LogP contribution in [0.3, 0.4) is 0 Å². The number of aromatic nitrogens is 2. The monoisotopic (exact) mass is 473 g/mol. The van der Waals surface area contributed by atoms with E-state index in [1.54, 1.807) is 11.8 Å². The summed E-state index contributed by atoms with van der Waals surface area (Å²) in [6.45, 7) is 5.75. The Morgan fingerprint density at radius 1 is 1.39 bits per heavy atom. The predicted octanol–water partition coefficient (Wildman–Crippen LogP) is 3.40. The molecule has 1 aromatic heterocycles. The molecule has 0 saturated carbocycles. The number of benzene rings is 1. The Kier molecular flexibility index (Phi) is 5.49. The largest absolute Gasteiger partial charge is 0.476 e. The summed E-state index contributed by atoms with van der Waals surface area (Å²) in [7, 11) is -1.84. The number of anilines is 1. The van der Waals surface area contributed by atoms with Gasteiger partial charge in [-0.3, -0.25) is 0 Å². The second-order valence-corrected chi connectivity index (χ2v) is 11.8. The standard InChI is InChI=1S/C23H31N5O4S/c1-23(2)12-28-21(32-13-23)18(10-25-28)33(24,30)27-22(29)26-20-17-6-4-5-14(17)9-15-7-8-16(11-31-3)19(15)20/h9-10,16H,4-8,11-13H2,1-3H3,(H3,24,26,27,29,30). The number of hydrogen-bond acceptors (Lipinski definition) is 5. The Hall–Kier alpha value is -2.43. The van der Waals surface area contributed by atoms with E-state index in [1.807, 2.05) is 0 Å². The summed E-state index contributed by atoms with van der Waals surface area (Å²) in [5, 5.41) is 13.3. The summed E-state index contributed by atoms with van der Waals surface area (Å²) >= 11 is 0. The van der Waals surface area contributed by atoms with Crippen molar-refractivity contribution in [1.29, 1.82) is 0 Å². The van der Waals surface area contributed by atoms with Gasteiger partial charge in [0.05, 0.1) is 26.0 Å². The minimum atomic E-state index is -3.54. The number of methoxy groups -OCH3 is 1. The number of urea groups is 1. The summed E-state index contributed by atoms with van der Waals surface area (Å²) in [5.74, 6) is 0.535. The molecule has 2 unspecified atom stereocenters. The number of aryl methyl sites for hydroxylation is 2. The highest BCUT2D eigenvalue weighted by Crippen LogP contribution is 2.44. The molecule has 3 aliphatic rings. The fourth-order valence-corrected chi connectivity index (χ4v) is 6.32. The minimum absolute atomic E-state index is 0.104. The van der Waals surface area contributed by atoms with Gasteiger partial charge in [-0.15, -0.1) is 4.36 Å². The number of hydrogen-bond donors (Lipinski definition) is 2. The molecule has 2 aromatic rings. The molecular weight excluding hydrogens is 442 g/mol. The molecule has 2 aliphatic carbocycles. The Labute approximate surface area is 194 Å². The van der Waals surface area contributed by atoms with E-state index < -0.39 is 15.9 Å². The van der Waals surface area contributed by atoms with E-state index in [0.717, 1.165) is 48.9 Å². The molecule has 9 nitrogen and oxygen atoms in total.